The number of fused-ring (bicyclic) bond motifs is 1. The van der Waals surface area contributed by atoms with Gasteiger partial charge in [-0.1, -0.05) is 22.9 Å². The van der Waals surface area contributed by atoms with E-state index in [4.69, 9.17) is 11.6 Å². The molecule has 0 bridgehead atoms. The van der Waals surface area contributed by atoms with E-state index in [9.17, 15) is 26.8 Å². The second kappa shape index (κ2) is 9.82. The van der Waals surface area contributed by atoms with Gasteiger partial charge in [-0.05, 0) is 31.0 Å². The summed E-state index contributed by atoms with van der Waals surface area (Å²) >= 11 is 7.65. The van der Waals surface area contributed by atoms with Crippen LogP contribution in [0.2, 0.25) is 4.34 Å². The Morgan fingerprint density at radius 1 is 1.26 bits per heavy atom. The Bertz CT molecular complexity index is 1450. The number of ether oxygens (including phenoxy) is 1. The molecule has 4 rings (SSSR count). The van der Waals surface area contributed by atoms with Gasteiger partial charge < -0.3 is 9.30 Å². The molecule has 0 spiro atoms. The van der Waals surface area contributed by atoms with Gasteiger partial charge in [0.2, 0.25) is 0 Å². The summed E-state index contributed by atoms with van der Waals surface area (Å²) < 4.78 is 61.7. The number of piperidine rings is 1. The van der Waals surface area contributed by atoms with Crippen molar-refractivity contribution in [3.05, 3.63) is 45.0 Å². The Balaban J connectivity index is 1.68. The largest absolute Gasteiger partial charge is 0.468 e. The van der Waals surface area contributed by atoms with E-state index in [0.29, 0.717) is 23.2 Å². The number of carbonyl (C=O) groups excluding carboxylic acids is 2. The molecule has 8 nitrogen and oxygen atoms in total. The van der Waals surface area contributed by atoms with Crippen molar-refractivity contribution in [2.75, 3.05) is 20.2 Å². The van der Waals surface area contributed by atoms with Gasteiger partial charge in [0, 0.05) is 19.2 Å². The van der Waals surface area contributed by atoms with Crippen molar-refractivity contribution < 1.29 is 31.5 Å². The average Bonchev–Trinajstić information content (AvgIpc) is 3.37. The number of amides is 1. The molecule has 0 saturated carbocycles. The Kier molecular flexibility index (Phi) is 7.20. The van der Waals surface area contributed by atoms with Crippen LogP contribution in [0.5, 0.6) is 0 Å². The van der Waals surface area contributed by atoms with E-state index in [1.54, 1.807) is 0 Å². The number of methoxy groups -OCH3 is 1. The molecule has 1 aliphatic heterocycles. The molecule has 1 fully saturated rings. The van der Waals surface area contributed by atoms with Crippen LogP contribution < -0.4 is 4.80 Å². The van der Waals surface area contributed by atoms with E-state index in [1.807, 2.05) is 0 Å². The van der Waals surface area contributed by atoms with Gasteiger partial charge in [-0.15, -0.1) is 11.3 Å². The van der Waals surface area contributed by atoms with Gasteiger partial charge >= 0.3 is 5.97 Å². The molecule has 0 aliphatic carbocycles. The quantitative estimate of drug-likeness (QED) is 0.454. The summed E-state index contributed by atoms with van der Waals surface area (Å²) in [5, 5.41) is 0. The lowest BCUT2D eigenvalue weighted by atomic mass is 9.99. The van der Waals surface area contributed by atoms with Crippen LogP contribution >= 0.6 is 34.3 Å². The predicted molar refractivity (Wildman–Crippen MR) is 123 cm³/mol. The number of nitrogens with zero attached hydrogens (tertiary/aromatic N) is 3. The fourth-order valence-corrected chi connectivity index (χ4v) is 7.90. The summed E-state index contributed by atoms with van der Waals surface area (Å²) in [7, 11) is -2.66. The monoisotopic (exact) mass is 549 g/mol. The molecule has 3 aromatic rings. The molecule has 3 heterocycles. The van der Waals surface area contributed by atoms with E-state index >= 15 is 0 Å². The van der Waals surface area contributed by atoms with Gasteiger partial charge in [-0.25, -0.2) is 17.2 Å². The van der Waals surface area contributed by atoms with Crippen LogP contribution in [-0.4, -0.2) is 49.4 Å². The van der Waals surface area contributed by atoms with Gasteiger partial charge in [0.1, 0.15) is 16.6 Å². The first-order valence-electron chi connectivity index (χ1n) is 9.99. The third-order valence-corrected chi connectivity index (χ3v) is 9.88. The highest BCUT2D eigenvalue weighted by Crippen LogP contribution is 2.31. The summed E-state index contributed by atoms with van der Waals surface area (Å²) in [4.78, 5) is 29.0. The molecule has 182 valence electrons. The number of thiazole rings is 1. The maximum atomic E-state index is 14.5. The average molecular weight is 550 g/mol. The second-order valence-corrected chi connectivity index (χ2v) is 12.4. The third-order valence-electron chi connectivity index (χ3n) is 5.29. The highest BCUT2D eigenvalue weighted by Gasteiger charge is 2.34. The Labute approximate surface area is 206 Å². The number of aromatic nitrogens is 1. The minimum atomic E-state index is -3.82. The van der Waals surface area contributed by atoms with E-state index < -0.39 is 46.0 Å². The number of thiophene rings is 1. The molecule has 0 N–H and O–H groups in total. The number of hydrogen-bond donors (Lipinski definition) is 0. The van der Waals surface area contributed by atoms with Gasteiger partial charge in [0.15, 0.2) is 10.6 Å². The summed E-state index contributed by atoms with van der Waals surface area (Å²) in [6.45, 7) is -0.266. The van der Waals surface area contributed by atoms with Gasteiger partial charge in [0.05, 0.1) is 27.6 Å². The van der Waals surface area contributed by atoms with E-state index in [1.165, 1.54) is 16.4 Å². The Morgan fingerprint density at radius 3 is 2.71 bits per heavy atom. The molecule has 1 aliphatic rings. The minimum absolute atomic E-state index is 0.0140. The highest BCUT2D eigenvalue weighted by atomic mass is 35.5. The fourth-order valence-electron chi connectivity index (χ4n) is 3.67. The highest BCUT2D eigenvalue weighted by molar-refractivity contribution is 7.91. The first kappa shape index (κ1) is 24.9. The number of benzene rings is 1. The maximum Gasteiger partial charge on any atom is 0.325 e. The van der Waals surface area contributed by atoms with Crippen LogP contribution in [0, 0.1) is 17.6 Å². The van der Waals surface area contributed by atoms with Crippen molar-refractivity contribution in [2.45, 2.75) is 23.6 Å². The summed E-state index contributed by atoms with van der Waals surface area (Å²) in [5.74, 6) is -3.78. The van der Waals surface area contributed by atoms with Crippen LogP contribution in [0.25, 0.3) is 10.2 Å². The third kappa shape index (κ3) is 4.93. The van der Waals surface area contributed by atoms with Crippen LogP contribution in [0.4, 0.5) is 8.78 Å². The molecule has 1 atom stereocenters. The van der Waals surface area contributed by atoms with Crippen molar-refractivity contribution in [1.29, 1.82) is 0 Å². The lowest BCUT2D eigenvalue weighted by molar-refractivity contribution is -0.141. The zero-order valence-corrected chi connectivity index (χ0v) is 20.9. The number of carbonyl (C=O) groups is 2. The van der Waals surface area contributed by atoms with Gasteiger partial charge in [-0.2, -0.15) is 9.30 Å². The molecule has 34 heavy (non-hydrogen) atoms. The fraction of sp³-hybridized carbons (Fsp3) is 0.350. The van der Waals surface area contributed by atoms with Crippen LogP contribution in [0.3, 0.4) is 0 Å². The first-order valence-corrected chi connectivity index (χ1v) is 13.4. The van der Waals surface area contributed by atoms with E-state index in [2.05, 4.69) is 9.73 Å². The van der Waals surface area contributed by atoms with Crippen molar-refractivity contribution in [3.63, 3.8) is 0 Å². The van der Waals surface area contributed by atoms with Gasteiger partial charge in [-0.3, -0.25) is 9.59 Å². The molecule has 14 heteroatoms. The topological polar surface area (TPSA) is 98.0 Å². The number of halogens is 3. The van der Waals surface area contributed by atoms with Gasteiger partial charge in [0.25, 0.3) is 15.9 Å². The molecule has 0 radical (unpaired) electrons. The van der Waals surface area contributed by atoms with Crippen molar-refractivity contribution >= 4 is 66.4 Å². The number of rotatable bonds is 5. The zero-order chi connectivity index (χ0) is 24.6. The van der Waals surface area contributed by atoms with Crippen LogP contribution in [-0.2, 0) is 30.9 Å². The molecule has 1 amide bonds. The Morgan fingerprint density at radius 2 is 2.03 bits per heavy atom. The predicted octanol–water partition coefficient (Wildman–Crippen LogP) is 3.40. The standard InChI is InChI=1S/C20H18ClF2N3O5S3/c1-31-16(27)10-26-18-13(23)7-12(22)8-14(18)32-20(26)24-19(28)11-3-2-6-25(9-11)34(29,30)17-5-4-15(21)33-17/h4-5,7-8,11H,2-3,6,9-10H2,1H3. The number of hydrogen-bond acceptors (Lipinski definition) is 7. The second-order valence-electron chi connectivity index (χ2n) is 7.49. The Hall–Kier alpha value is -2.19. The van der Waals surface area contributed by atoms with Crippen LogP contribution in [0.15, 0.2) is 33.5 Å². The SMILES string of the molecule is COC(=O)Cn1c(=NC(=O)C2CCCN(S(=O)(=O)c3ccc(Cl)s3)C2)sc2cc(F)cc(F)c21. The number of esters is 1. The zero-order valence-electron chi connectivity index (χ0n) is 17.7. The lowest BCUT2D eigenvalue weighted by Gasteiger charge is -2.29. The van der Waals surface area contributed by atoms with Crippen molar-refractivity contribution in [1.82, 2.24) is 8.87 Å². The normalized spacial score (nSPS) is 17.9. The van der Waals surface area contributed by atoms with E-state index in [0.717, 1.165) is 40.4 Å². The molecule has 1 unspecified atom stereocenters. The molecule has 2 aromatic heterocycles. The lowest BCUT2D eigenvalue weighted by Crippen LogP contribution is -2.42. The van der Waals surface area contributed by atoms with Crippen molar-refractivity contribution in [2.24, 2.45) is 10.9 Å². The number of sulfonamides is 1. The first-order chi connectivity index (χ1) is 16.1. The van der Waals surface area contributed by atoms with E-state index in [-0.39, 0.29) is 32.3 Å². The molecule has 1 aromatic carbocycles. The molecular formula is C20H18ClF2N3O5S3. The summed E-state index contributed by atoms with van der Waals surface area (Å²) in [5.41, 5.74) is -0.0780. The smallest absolute Gasteiger partial charge is 0.325 e. The molecular weight excluding hydrogens is 532 g/mol. The van der Waals surface area contributed by atoms with Crippen LogP contribution in [0.1, 0.15) is 12.8 Å². The maximum absolute atomic E-state index is 14.5. The van der Waals surface area contributed by atoms with Crippen molar-refractivity contribution in [3.8, 4) is 0 Å². The molecule has 1 saturated heterocycles. The minimum Gasteiger partial charge on any atom is -0.468 e. The summed E-state index contributed by atoms with van der Waals surface area (Å²) in [6, 6.07) is 4.67. The summed E-state index contributed by atoms with van der Waals surface area (Å²) in [6.07, 6.45) is 0.850.